The lowest BCUT2D eigenvalue weighted by molar-refractivity contribution is 0.396. The SMILES string of the molecule is CN1CCC(n2c(N)nc3ccc(Br)cc32)C1. The van der Waals surface area contributed by atoms with Crippen LogP contribution in [0.4, 0.5) is 5.95 Å². The fourth-order valence-electron chi connectivity index (χ4n) is 2.59. The van der Waals surface area contributed by atoms with Crippen LogP contribution in [-0.2, 0) is 0 Å². The Morgan fingerprint density at radius 2 is 2.29 bits per heavy atom. The normalized spacial score (nSPS) is 21.4. The second-order valence-corrected chi connectivity index (χ2v) is 5.59. The highest BCUT2D eigenvalue weighted by molar-refractivity contribution is 9.10. The van der Waals surface area contributed by atoms with E-state index in [0.29, 0.717) is 12.0 Å². The van der Waals surface area contributed by atoms with Gasteiger partial charge >= 0.3 is 0 Å². The summed E-state index contributed by atoms with van der Waals surface area (Å²) in [6.07, 6.45) is 1.14. The Balaban J connectivity index is 2.14. The molecular formula is C12H15BrN4. The lowest BCUT2D eigenvalue weighted by atomic mass is 10.2. The number of halogens is 1. The van der Waals surface area contributed by atoms with E-state index in [1.807, 2.05) is 12.1 Å². The van der Waals surface area contributed by atoms with Crippen molar-refractivity contribution in [3.63, 3.8) is 0 Å². The molecule has 1 aromatic heterocycles. The largest absolute Gasteiger partial charge is 0.369 e. The van der Waals surface area contributed by atoms with E-state index in [9.17, 15) is 0 Å². The predicted molar refractivity (Wildman–Crippen MR) is 73.0 cm³/mol. The number of nitrogens with two attached hydrogens (primary N) is 1. The minimum Gasteiger partial charge on any atom is -0.369 e. The van der Waals surface area contributed by atoms with Gasteiger partial charge in [-0.2, -0.15) is 0 Å². The first kappa shape index (κ1) is 11.0. The minimum atomic E-state index is 0.444. The monoisotopic (exact) mass is 294 g/mol. The molecule has 2 aromatic rings. The summed E-state index contributed by atoms with van der Waals surface area (Å²) in [6.45, 7) is 2.17. The van der Waals surface area contributed by atoms with E-state index in [1.165, 1.54) is 0 Å². The number of likely N-dealkylation sites (tertiary alicyclic amines) is 1. The summed E-state index contributed by atoms with van der Waals surface area (Å²) in [5.41, 5.74) is 8.14. The van der Waals surface area contributed by atoms with Gasteiger partial charge in [-0.15, -0.1) is 0 Å². The van der Waals surface area contributed by atoms with Crippen molar-refractivity contribution in [3.05, 3.63) is 22.7 Å². The number of nitrogen functional groups attached to an aromatic ring is 1. The third-order valence-electron chi connectivity index (χ3n) is 3.41. The van der Waals surface area contributed by atoms with Crippen molar-refractivity contribution in [2.45, 2.75) is 12.5 Å². The lowest BCUT2D eigenvalue weighted by Gasteiger charge is -2.15. The molecule has 0 bridgehead atoms. The molecule has 3 rings (SSSR count). The smallest absolute Gasteiger partial charge is 0.201 e. The zero-order valence-corrected chi connectivity index (χ0v) is 11.3. The predicted octanol–water partition coefficient (Wildman–Crippen LogP) is 2.26. The van der Waals surface area contributed by atoms with Gasteiger partial charge in [0.2, 0.25) is 5.95 Å². The van der Waals surface area contributed by atoms with Crippen LogP contribution in [0.25, 0.3) is 11.0 Å². The summed E-state index contributed by atoms with van der Waals surface area (Å²) in [6, 6.07) is 6.54. The fraction of sp³-hybridized carbons (Fsp3) is 0.417. The Bertz CT molecular complexity index is 563. The first-order chi connectivity index (χ1) is 8.15. The van der Waals surface area contributed by atoms with E-state index in [2.05, 4.69) is 43.5 Å². The summed E-state index contributed by atoms with van der Waals surface area (Å²) in [4.78, 5) is 6.75. The molecule has 1 aliphatic rings. The lowest BCUT2D eigenvalue weighted by Crippen LogP contribution is -2.17. The maximum Gasteiger partial charge on any atom is 0.201 e. The number of benzene rings is 1. The van der Waals surface area contributed by atoms with E-state index in [1.54, 1.807) is 0 Å². The highest BCUT2D eigenvalue weighted by Crippen LogP contribution is 2.30. The van der Waals surface area contributed by atoms with Crippen molar-refractivity contribution < 1.29 is 0 Å². The molecule has 5 heteroatoms. The molecule has 90 valence electrons. The van der Waals surface area contributed by atoms with Gasteiger partial charge in [0, 0.05) is 11.0 Å². The summed E-state index contributed by atoms with van der Waals surface area (Å²) < 4.78 is 3.24. The van der Waals surface area contributed by atoms with E-state index in [0.717, 1.165) is 35.0 Å². The van der Waals surface area contributed by atoms with Gasteiger partial charge in [-0.1, -0.05) is 15.9 Å². The van der Waals surface area contributed by atoms with E-state index < -0.39 is 0 Å². The van der Waals surface area contributed by atoms with Crippen LogP contribution in [0.3, 0.4) is 0 Å². The van der Waals surface area contributed by atoms with Crippen LogP contribution in [0.15, 0.2) is 22.7 Å². The fourth-order valence-corrected chi connectivity index (χ4v) is 2.94. The molecule has 0 spiro atoms. The molecule has 0 amide bonds. The van der Waals surface area contributed by atoms with Gasteiger partial charge in [0.1, 0.15) is 0 Å². The van der Waals surface area contributed by atoms with E-state index in [-0.39, 0.29) is 0 Å². The van der Waals surface area contributed by atoms with Gasteiger partial charge in [0.25, 0.3) is 0 Å². The molecule has 17 heavy (non-hydrogen) atoms. The second-order valence-electron chi connectivity index (χ2n) is 4.68. The number of imidazole rings is 1. The zero-order valence-electron chi connectivity index (χ0n) is 9.73. The average molecular weight is 295 g/mol. The molecule has 4 nitrogen and oxygen atoms in total. The summed E-state index contributed by atoms with van der Waals surface area (Å²) in [7, 11) is 2.14. The van der Waals surface area contributed by atoms with Crippen molar-refractivity contribution >= 4 is 32.9 Å². The number of aromatic nitrogens is 2. The number of hydrogen-bond donors (Lipinski definition) is 1. The molecule has 1 saturated heterocycles. The molecule has 1 fully saturated rings. The van der Waals surface area contributed by atoms with Crippen molar-refractivity contribution in [3.8, 4) is 0 Å². The van der Waals surface area contributed by atoms with Crippen molar-refractivity contribution in [1.29, 1.82) is 0 Å². The number of fused-ring (bicyclic) bond motifs is 1. The Morgan fingerprint density at radius 1 is 1.47 bits per heavy atom. The second kappa shape index (κ2) is 3.99. The summed E-state index contributed by atoms with van der Waals surface area (Å²) in [5.74, 6) is 0.624. The van der Waals surface area contributed by atoms with Crippen LogP contribution < -0.4 is 5.73 Å². The van der Waals surface area contributed by atoms with Gasteiger partial charge in [-0.05, 0) is 38.2 Å². The number of anilines is 1. The van der Waals surface area contributed by atoms with E-state index >= 15 is 0 Å². The Kier molecular flexibility index (Phi) is 2.60. The minimum absolute atomic E-state index is 0.444. The molecule has 1 aliphatic heterocycles. The highest BCUT2D eigenvalue weighted by atomic mass is 79.9. The molecule has 2 N–H and O–H groups in total. The molecule has 0 aliphatic carbocycles. The molecule has 1 unspecified atom stereocenters. The zero-order chi connectivity index (χ0) is 12.0. The molecular weight excluding hydrogens is 280 g/mol. The molecule has 0 saturated carbocycles. The molecule has 1 atom stereocenters. The maximum atomic E-state index is 6.05. The van der Waals surface area contributed by atoms with Crippen LogP contribution in [0.5, 0.6) is 0 Å². The third kappa shape index (κ3) is 1.83. The average Bonchev–Trinajstić information content (AvgIpc) is 2.81. The molecule has 2 heterocycles. The van der Waals surface area contributed by atoms with Crippen LogP contribution in [0.2, 0.25) is 0 Å². The summed E-state index contributed by atoms with van der Waals surface area (Å²) >= 11 is 3.50. The van der Waals surface area contributed by atoms with Gasteiger partial charge in [-0.3, -0.25) is 0 Å². The first-order valence-electron chi connectivity index (χ1n) is 5.76. The standard InChI is InChI=1S/C12H15BrN4/c1-16-5-4-9(7-16)17-11-6-8(13)2-3-10(11)15-12(17)14/h2-3,6,9H,4-5,7H2,1H3,(H2,14,15). The van der Waals surface area contributed by atoms with Crippen LogP contribution in [-0.4, -0.2) is 34.6 Å². The highest BCUT2D eigenvalue weighted by Gasteiger charge is 2.24. The van der Waals surface area contributed by atoms with Gasteiger partial charge in [0.15, 0.2) is 0 Å². The Morgan fingerprint density at radius 3 is 3.00 bits per heavy atom. The number of rotatable bonds is 1. The van der Waals surface area contributed by atoms with Crippen molar-refractivity contribution in [2.75, 3.05) is 25.9 Å². The molecule has 1 aromatic carbocycles. The van der Waals surface area contributed by atoms with Crippen LogP contribution in [0, 0.1) is 0 Å². The quantitative estimate of drug-likeness (QED) is 0.878. The number of nitrogens with zero attached hydrogens (tertiary/aromatic N) is 3. The van der Waals surface area contributed by atoms with Crippen molar-refractivity contribution in [1.82, 2.24) is 14.5 Å². The van der Waals surface area contributed by atoms with Crippen molar-refractivity contribution in [2.24, 2.45) is 0 Å². The van der Waals surface area contributed by atoms with Crippen LogP contribution >= 0.6 is 15.9 Å². The Labute approximate surface area is 109 Å². The van der Waals surface area contributed by atoms with Crippen LogP contribution in [0.1, 0.15) is 12.5 Å². The molecule has 0 radical (unpaired) electrons. The van der Waals surface area contributed by atoms with E-state index in [4.69, 9.17) is 5.73 Å². The first-order valence-corrected chi connectivity index (χ1v) is 6.56. The number of hydrogen-bond acceptors (Lipinski definition) is 3. The van der Waals surface area contributed by atoms with Gasteiger partial charge in [0.05, 0.1) is 17.1 Å². The maximum absolute atomic E-state index is 6.05. The Hall–Kier alpha value is -1.07. The van der Waals surface area contributed by atoms with Gasteiger partial charge in [-0.25, -0.2) is 4.98 Å². The van der Waals surface area contributed by atoms with Gasteiger partial charge < -0.3 is 15.2 Å². The topological polar surface area (TPSA) is 47.1 Å². The summed E-state index contributed by atoms with van der Waals surface area (Å²) in [5, 5.41) is 0. The third-order valence-corrected chi connectivity index (χ3v) is 3.90. The number of likely N-dealkylation sites (N-methyl/N-ethyl adjacent to an activating group) is 1.